The van der Waals surface area contributed by atoms with Gasteiger partial charge < -0.3 is 15.8 Å². The maximum atomic E-state index is 11.7. The number of nitrogens with two attached hydrogens (primary N) is 1. The molecule has 0 saturated carbocycles. The first-order valence-corrected chi connectivity index (χ1v) is 5.64. The lowest BCUT2D eigenvalue weighted by atomic mass is 9.98. The number of carbonyl (C=O) groups excluding carboxylic acids is 2. The standard InChI is InChI=1S/C11H17N3O3/c1-7(4-5-12)9(10(13)15)14-11(16)8-3-2-6-17-8/h7-9H,2-4,6H2,1H3,(H2,13,15)(H,14,16)/t7-,8+,9+/m1/s1. The van der Waals surface area contributed by atoms with Crippen molar-refractivity contribution in [3.8, 4) is 6.07 Å². The fourth-order valence-electron chi connectivity index (χ4n) is 1.79. The SMILES string of the molecule is C[C@H](CC#N)[C@H](NC(=O)[C@@H]1CCCO1)C(N)=O. The van der Waals surface area contributed by atoms with Gasteiger partial charge in [-0.15, -0.1) is 0 Å². The average molecular weight is 239 g/mol. The van der Waals surface area contributed by atoms with Crippen LogP contribution in [0.3, 0.4) is 0 Å². The quantitative estimate of drug-likeness (QED) is 0.686. The van der Waals surface area contributed by atoms with E-state index in [0.29, 0.717) is 13.0 Å². The molecule has 0 bridgehead atoms. The zero-order valence-electron chi connectivity index (χ0n) is 9.81. The van der Waals surface area contributed by atoms with E-state index < -0.39 is 18.1 Å². The summed E-state index contributed by atoms with van der Waals surface area (Å²) in [7, 11) is 0. The predicted octanol–water partition coefficient (Wildman–Crippen LogP) is -0.315. The molecular formula is C11H17N3O3. The highest BCUT2D eigenvalue weighted by Crippen LogP contribution is 2.13. The van der Waals surface area contributed by atoms with E-state index in [1.54, 1.807) is 6.92 Å². The third-order valence-corrected chi connectivity index (χ3v) is 2.81. The molecule has 1 rings (SSSR count). The first kappa shape index (κ1) is 13.5. The molecule has 1 heterocycles. The Kier molecular flexibility index (Phi) is 4.91. The molecule has 3 atom stereocenters. The zero-order chi connectivity index (χ0) is 12.8. The summed E-state index contributed by atoms with van der Waals surface area (Å²) in [5.41, 5.74) is 5.21. The summed E-state index contributed by atoms with van der Waals surface area (Å²) in [6.07, 6.45) is 1.17. The van der Waals surface area contributed by atoms with Crippen molar-refractivity contribution in [2.45, 2.75) is 38.3 Å². The Bertz CT molecular complexity index is 331. The molecule has 1 aliphatic rings. The van der Waals surface area contributed by atoms with E-state index >= 15 is 0 Å². The van der Waals surface area contributed by atoms with E-state index in [4.69, 9.17) is 15.7 Å². The predicted molar refractivity (Wildman–Crippen MR) is 59.5 cm³/mol. The lowest BCUT2D eigenvalue weighted by Gasteiger charge is -2.21. The molecule has 1 saturated heterocycles. The summed E-state index contributed by atoms with van der Waals surface area (Å²) in [4.78, 5) is 23.0. The van der Waals surface area contributed by atoms with Crippen LogP contribution in [0.15, 0.2) is 0 Å². The molecule has 0 aromatic carbocycles. The molecule has 94 valence electrons. The Labute approximate surface area is 100 Å². The molecule has 1 aliphatic heterocycles. The van der Waals surface area contributed by atoms with Gasteiger partial charge in [-0.05, 0) is 18.8 Å². The normalized spacial score (nSPS) is 22.5. The topological polar surface area (TPSA) is 105 Å². The molecule has 6 nitrogen and oxygen atoms in total. The second-order valence-corrected chi connectivity index (χ2v) is 4.23. The number of hydrogen-bond acceptors (Lipinski definition) is 4. The highest BCUT2D eigenvalue weighted by molar-refractivity contribution is 5.88. The molecule has 3 N–H and O–H groups in total. The van der Waals surface area contributed by atoms with Crippen LogP contribution >= 0.6 is 0 Å². The fraction of sp³-hybridized carbons (Fsp3) is 0.727. The third kappa shape index (κ3) is 3.71. The minimum atomic E-state index is -0.814. The molecule has 2 amide bonds. The number of nitrogens with zero attached hydrogens (tertiary/aromatic N) is 1. The van der Waals surface area contributed by atoms with Crippen molar-refractivity contribution >= 4 is 11.8 Å². The second kappa shape index (κ2) is 6.21. The summed E-state index contributed by atoms with van der Waals surface area (Å²) >= 11 is 0. The van der Waals surface area contributed by atoms with Gasteiger partial charge >= 0.3 is 0 Å². The van der Waals surface area contributed by atoms with E-state index in [9.17, 15) is 9.59 Å². The molecule has 17 heavy (non-hydrogen) atoms. The first-order chi connectivity index (χ1) is 8.06. The van der Waals surface area contributed by atoms with Crippen molar-refractivity contribution in [2.24, 2.45) is 11.7 Å². The van der Waals surface area contributed by atoms with Crippen LogP contribution in [-0.2, 0) is 14.3 Å². The maximum Gasteiger partial charge on any atom is 0.249 e. The third-order valence-electron chi connectivity index (χ3n) is 2.81. The summed E-state index contributed by atoms with van der Waals surface area (Å²) in [5.74, 6) is -1.25. The number of hydrogen-bond donors (Lipinski definition) is 2. The first-order valence-electron chi connectivity index (χ1n) is 5.64. The second-order valence-electron chi connectivity index (χ2n) is 4.23. The number of rotatable bonds is 5. The molecule has 0 aliphatic carbocycles. The number of amides is 2. The Morgan fingerprint density at radius 3 is 2.82 bits per heavy atom. The van der Waals surface area contributed by atoms with Gasteiger partial charge in [-0.3, -0.25) is 9.59 Å². The van der Waals surface area contributed by atoms with Crippen molar-refractivity contribution in [3.63, 3.8) is 0 Å². The highest BCUT2D eigenvalue weighted by Gasteiger charge is 2.30. The molecule has 1 fully saturated rings. The summed E-state index contributed by atoms with van der Waals surface area (Å²) in [5, 5.41) is 11.1. The number of primary amides is 1. The van der Waals surface area contributed by atoms with Crippen LogP contribution in [-0.4, -0.2) is 30.6 Å². The van der Waals surface area contributed by atoms with Crippen molar-refractivity contribution < 1.29 is 14.3 Å². The monoisotopic (exact) mass is 239 g/mol. The van der Waals surface area contributed by atoms with Crippen LogP contribution in [0.1, 0.15) is 26.2 Å². The van der Waals surface area contributed by atoms with Crippen LogP contribution < -0.4 is 11.1 Å². The Morgan fingerprint density at radius 1 is 1.65 bits per heavy atom. The van der Waals surface area contributed by atoms with Gasteiger partial charge in [0.25, 0.3) is 0 Å². The molecule has 0 aromatic rings. The molecule has 0 unspecified atom stereocenters. The average Bonchev–Trinajstić information content (AvgIpc) is 2.78. The molecule has 0 spiro atoms. The molecular weight excluding hydrogens is 222 g/mol. The van der Waals surface area contributed by atoms with Crippen molar-refractivity contribution in [1.82, 2.24) is 5.32 Å². The van der Waals surface area contributed by atoms with Crippen molar-refractivity contribution in [1.29, 1.82) is 5.26 Å². The van der Waals surface area contributed by atoms with Gasteiger partial charge in [0.05, 0.1) is 6.07 Å². The lowest BCUT2D eigenvalue weighted by Crippen LogP contribution is -2.51. The van der Waals surface area contributed by atoms with Gasteiger partial charge in [0.15, 0.2) is 0 Å². The Balaban J connectivity index is 2.57. The zero-order valence-corrected chi connectivity index (χ0v) is 9.81. The van der Waals surface area contributed by atoms with Gasteiger partial charge in [-0.1, -0.05) is 6.92 Å². The summed E-state index contributed by atoms with van der Waals surface area (Å²) < 4.78 is 5.21. The van der Waals surface area contributed by atoms with Crippen molar-refractivity contribution in [2.75, 3.05) is 6.61 Å². The largest absolute Gasteiger partial charge is 0.368 e. The molecule has 0 aromatic heterocycles. The van der Waals surface area contributed by atoms with Gasteiger partial charge in [0, 0.05) is 13.0 Å². The Morgan fingerprint density at radius 2 is 2.35 bits per heavy atom. The van der Waals surface area contributed by atoms with E-state index in [-0.39, 0.29) is 18.2 Å². The minimum absolute atomic E-state index is 0.166. The molecule has 6 heteroatoms. The fourth-order valence-corrected chi connectivity index (χ4v) is 1.79. The van der Waals surface area contributed by atoms with Crippen LogP contribution in [0.2, 0.25) is 0 Å². The highest BCUT2D eigenvalue weighted by atomic mass is 16.5. The number of carbonyl (C=O) groups is 2. The minimum Gasteiger partial charge on any atom is -0.368 e. The van der Waals surface area contributed by atoms with Gasteiger partial charge in [-0.2, -0.15) is 5.26 Å². The number of ether oxygens (including phenoxy) is 1. The number of nitriles is 1. The summed E-state index contributed by atoms with van der Waals surface area (Å²) in [6, 6.07) is 1.14. The van der Waals surface area contributed by atoms with Crippen LogP contribution in [0.25, 0.3) is 0 Å². The smallest absolute Gasteiger partial charge is 0.249 e. The Hall–Kier alpha value is -1.61. The van der Waals surface area contributed by atoms with Gasteiger partial charge in [0.1, 0.15) is 12.1 Å². The van der Waals surface area contributed by atoms with Gasteiger partial charge in [0.2, 0.25) is 11.8 Å². The lowest BCUT2D eigenvalue weighted by molar-refractivity contribution is -0.134. The maximum absolute atomic E-state index is 11.7. The van der Waals surface area contributed by atoms with E-state index in [1.165, 1.54) is 0 Å². The van der Waals surface area contributed by atoms with E-state index in [1.807, 2.05) is 6.07 Å². The van der Waals surface area contributed by atoms with Crippen LogP contribution in [0.5, 0.6) is 0 Å². The van der Waals surface area contributed by atoms with Gasteiger partial charge in [-0.25, -0.2) is 0 Å². The van der Waals surface area contributed by atoms with Crippen molar-refractivity contribution in [3.05, 3.63) is 0 Å². The molecule has 0 radical (unpaired) electrons. The van der Waals surface area contributed by atoms with Crippen LogP contribution in [0, 0.1) is 17.2 Å². The van der Waals surface area contributed by atoms with Crippen LogP contribution in [0.4, 0.5) is 0 Å². The van der Waals surface area contributed by atoms with E-state index in [0.717, 1.165) is 6.42 Å². The van der Waals surface area contributed by atoms with E-state index in [2.05, 4.69) is 5.32 Å². The number of nitrogens with one attached hydrogen (secondary N) is 1. The summed E-state index contributed by atoms with van der Waals surface area (Å²) in [6.45, 7) is 2.27.